The van der Waals surface area contributed by atoms with Crippen molar-refractivity contribution in [1.82, 2.24) is 9.80 Å². The number of nitrogens with zero attached hydrogens (tertiary/aromatic N) is 2. The maximum absolute atomic E-state index is 13.3. The molecule has 0 aromatic heterocycles. The third kappa shape index (κ3) is 5.04. The lowest BCUT2D eigenvalue weighted by Crippen LogP contribution is -2.49. The lowest BCUT2D eigenvalue weighted by Gasteiger charge is -2.43. The molecule has 2 aliphatic heterocycles. The number of methoxy groups -OCH3 is 1. The van der Waals surface area contributed by atoms with E-state index in [4.69, 9.17) is 4.74 Å². The van der Waals surface area contributed by atoms with Crippen LogP contribution in [0.25, 0.3) is 0 Å². The van der Waals surface area contributed by atoms with E-state index in [9.17, 15) is 9.18 Å². The summed E-state index contributed by atoms with van der Waals surface area (Å²) in [6.07, 6.45) is 6.31. The van der Waals surface area contributed by atoms with Crippen molar-refractivity contribution in [3.8, 4) is 0 Å². The van der Waals surface area contributed by atoms with Crippen LogP contribution in [0.5, 0.6) is 0 Å². The molecule has 0 spiro atoms. The molecule has 0 saturated carbocycles. The highest BCUT2D eigenvalue weighted by atomic mass is 19.1. The number of ether oxygens (including phenoxy) is 1. The summed E-state index contributed by atoms with van der Waals surface area (Å²) in [5, 5.41) is 0. The maximum atomic E-state index is 13.3. The predicted octanol–water partition coefficient (Wildman–Crippen LogP) is 3.11. The van der Waals surface area contributed by atoms with Crippen molar-refractivity contribution in [2.45, 2.75) is 44.6 Å². The molecule has 4 nitrogen and oxygen atoms in total. The van der Waals surface area contributed by atoms with Gasteiger partial charge in [-0.3, -0.25) is 9.69 Å². The SMILES string of the molecule is COCCN1CCCC[C@@H]1C1CCN(C(=O)Cc2cccc(F)c2)CC1. The highest BCUT2D eigenvalue weighted by Crippen LogP contribution is 2.30. The largest absolute Gasteiger partial charge is 0.383 e. The summed E-state index contributed by atoms with van der Waals surface area (Å²) < 4.78 is 18.6. The lowest BCUT2D eigenvalue weighted by atomic mass is 9.83. The molecule has 0 unspecified atom stereocenters. The van der Waals surface area contributed by atoms with Gasteiger partial charge in [0.2, 0.25) is 5.91 Å². The van der Waals surface area contributed by atoms with Crippen LogP contribution in [0.15, 0.2) is 24.3 Å². The molecule has 26 heavy (non-hydrogen) atoms. The van der Waals surface area contributed by atoms with Gasteiger partial charge < -0.3 is 9.64 Å². The number of carbonyl (C=O) groups is 1. The molecule has 2 aliphatic rings. The molecule has 2 saturated heterocycles. The van der Waals surface area contributed by atoms with Gasteiger partial charge in [-0.25, -0.2) is 4.39 Å². The van der Waals surface area contributed by atoms with Crippen LogP contribution in [0, 0.1) is 11.7 Å². The first kappa shape index (κ1) is 19.3. The van der Waals surface area contributed by atoms with Gasteiger partial charge in [0.1, 0.15) is 5.82 Å². The van der Waals surface area contributed by atoms with Gasteiger partial charge in [-0.2, -0.15) is 0 Å². The number of rotatable bonds is 6. The van der Waals surface area contributed by atoms with Crippen LogP contribution in [0.2, 0.25) is 0 Å². The van der Waals surface area contributed by atoms with Crippen LogP contribution in [0.3, 0.4) is 0 Å². The van der Waals surface area contributed by atoms with Crippen LogP contribution < -0.4 is 0 Å². The first-order valence-corrected chi connectivity index (χ1v) is 9.92. The summed E-state index contributed by atoms with van der Waals surface area (Å²) in [5.41, 5.74) is 0.759. The maximum Gasteiger partial charge on any atom is 0.226 e. The van der Waals surface area contributed by atoms with Gasteiger partial charge in [-0.05, 0) is 55.8 Å². The molecular weight excluding hydrogens is 331 g/mol. The van der Waals surface area contributed by atoms with Crippen molar-refractivity contribution in [2.75, 3.05) is 39.9 Å². The molecular formula is C21H31FN2O2. The molecule has 0 radical (unpaired) electrons. The molecule has 0 N–H and O–H groups in total. The van der Waals surface area contributed by atoms with E-state index in [0.29, 0.717) is 18.4 Å². The molecule has 144 valence electrons. The Kier molecular flexibility index (Phi) is 7.03. The summed E-state index contributed by atoms with van der Waals surface area (Å²) in [7, 11) is 1.77. The molecule has 1 aromatic rings. The van der Waals surface area contributed by atoms with E-state index in [1.165, 1.54) is 37.9 Å². The lowest BCUT2D eigenvalue weighted by molar-refractivity contribution is -0.132. The van der Waals surface area contributed by atoms with E-state index >= 15 is 0 Å². The van der Waals surface area contributed by atoms with E-state index in [2.05, 4.69) is 4.90 Å². The van der Waals surface area contributed by atoms with Gasteiger partial charge in [-0.1, -0.05) is 18.6 Å². The highest BCUT2D eigenvalue weighted by Gasteiger charge is 2.33. The summed E-state index contributed by atoms with van der Waals surface area (Å²) in [4.78, 5) is 17.1. The van der Waals surface area contributed by atoms with Crippen molar-refractivity contribution in [2.24, 2.45) is 5.92 Å². The number of likely N-dealkylation sites (tertiary alicyclic amines) is 2. The van der Waals surface area contributed by atoms with Crippen LogP contribution in [0.1, 0.15) is 37.7 Å². The van der Waals surface area contributed by atoms with Gasteiger partial charge in [0, 0.05) is 32.8 Å². The van der Waals surface area contributed by atoms with Crippen LogP contribution >= 0.6 is 0 Å². The normalized spacial score (nSPS) is 22.5. The Morgan fingerprint density at radius 2 is 2.00 bits per heavy atom. The Hall–Kier alpha value is -1.46. The number of amides is 1. The van der Waals surface area contributed by atoms with Crippen molar-refractivity contribution in [3.63, 3.8) is 0 Å². The Bertz CT molecular complexity index is 587. The Morgan fingerprint density at radius 3 is 2.73 bits per heavy atom. The van der Waals surface area contributed by atoms with E-state index < -0.39 is 0 Å². The highest BCUT2D eigenvalue weighted by molar-refractivity contribution is 5.78. The fourth-order valence-corrected chi connectivity index (χ4v) is 4.50. The van der Waals surface area contributed by atoms with Crippen molar-refractivity contribution >= 4 is 5.91 Å². The zero-order chi connectivity index (χ0) is 18.4. The number of carbonyl (C=O) groups excluding carboxylic acids is 1. The number of piperidine rings is 2. The molecule has 1 amide bonds. The molecule has 2 heterocycles. The monoisotopic (exact) mass is 362 g/mol. The molecule has 1 atom stereocenters. The number of hydrogen-bond donors (Lipinski definition) is 0. The minimum atomic E-state index is -0.276. The summed E-state index contributed by atoms with van der Waals surface area (Å²) in [6.45, 7) is 4.63. The van der Waals surface area contributed by atoms with Gasteiger partial charge in [0.15, 0.2) is 0 Å². The molecule has 1 aromatic carbocycles. The summed E-state index contributed by atoms with van der Waals surface area (Å²) in [5.74, 6) is 0.516. The topological polar surface area (TPSA) is 32.8 Å². The molecule has 5 heteroatoms. The third-order valence-electron chi connectivity index (χ3n) is 5.93. The van der Waals surface area contributed by atoms with Gasteiger partial charge in [0.25, 0.3) is 0 Å². The fourth-order valence-electron chi connectivity index (χ4n) is 4.50. The zero-order valence-corrected chi connectivity index (χ0v) is 15.8. The fraction of sp³-hybridized carbons (Fsp3) is 0.667. The average Bonchev–Trinajstić information content (AvgIpc) is 2.67. The van der Waals surface area contributed by atoms with Crippen molar-refractivity contribution in [1.29, 1.82) is 0 Å². The van der Waals surface area contributed by atoms with Crippen molar-refractivity contribution in [3.05, 3.63) is 35.6 Å². The zero-order valence-electron chi connectivity index (χ0n) is 15.8. The van der Waals surface area contributed by atoms with Crippen LogP contribution in [-0.4, -0.2) is 61.6 Å². The molecule has 3 rings (SSSR count). The second-order valence-electron chi connectivity index (χ2n) is 7.62. The second-order valence-corrected chi connectivity index (χ2v) is 7.62. The van der Waals surface area contributed by atoms with Crippen molar-refractivity contribution < 1.29 is 13.9 Å². The summed E-state index contributed by atoms with van der Waals surface area (Å²) in [6, 6.07) is 7.00. The van der Waals surface area contributed by atoms with Crippen LogP contribution in [0.4, 0.5) is 4.39 Å². The van der Waals surface area contributed by atoms with E-state index in [0.717, 1.165) is 44.6 Å². The number of hydrogen-bond acceptors (Lipinski definition) is 3. The van der Waals surface area contributed by atoms with Gasteiger partial charge in [-0.15, -0.1) is 0 Å². The number of halogens is 1. The second kappa shape index (κ2) is 9.47. The Balaban J connectivity index is 1.50. The first-order valence-electron chi connectivity index (χ1n) is 9.92. The smallest absolute Gasteiger partial charge is 0.226 e. The third-order valence-corrected chi connectivity index (χ3v) is 5.93. The standard InChI is InChI=1S/C21H31FN2O2/c1-26-14-13-23-10-3-2-7-20(23)18-8-11-24(12-9-18)21(25)16-17-5-4-6-19(22)15-17/h4-6,15,18,20H,2-3,7-14,16H2,1H3/t20-/m1/s1. The van der Waals surface area contributed by atoms with Crippen LogP contribution in [-0.2, 0) is 16.0 Å². The molecule has 0 bridgehead atoms. The first-order chi connectivity index (χ1) is 12.7. The van der Waals surface area contributed by atoms with E-state index in [-0.39, 0.29) is 11.7 Å². The summed E-state index contributed by atoms with van der Waals surface area (Å²) >= 11 is 0. The van der Waals surface area contributed by atoms with Gasteiger partial charge in [0.05, 0.1) is 13.0 Å². The Morgan fingerprint density at radius 1 is 1.19 bits per heavy atom. The van der Waals surface area contributed by atoms with Gasteiger partial charge >= 0.3 is 0 Å². The number of benzene rings is 1. The quantitative estimate of drug-likeness (QED) is 0.780. The Labute approximate surface area is 156 Å². The predicted molar refractivity (Wildman–Crippen MR) is 100 cm³/mol. The minimum absolute atomic E-state index is 0.119. The average molecular weight is 362 g/mol. The molecule has 2 fully saturated rings. The van der Waals surface area contributed by atoms with E-state index in [1.54, 1.807) is 13.2 Å². The minimum Gasteiger partial charge on any atom is -0.383 e. The van der Waals surface area contributed by atoms with E-state index in [1.807, 2.05) is 11.0 Å². The molecule has 0 aliphatic carbocycles.